The summed E-state index contributed by atoms with van der Waals surface area (Å²) < 4.78 is 12.8. The summed E-state index contributed by atoms with van der Waals surface area (Å²) in [5, 5.41) is 3.36. The Bertz CT molecular complexity index is 372. The van der Waals surface area contributed by atoms with Crippen molar-refractivity contribution in [2.24, 2.45) is 5.92 Å². The van der Waals surface area contributed by atoms with Gasteiger partial charge in [-0.05, 0) is 31.6 Å². The van der Waals surface area contributed by atoms with Gasteiger partial charge in [0.25, 0.3) is 0 Å². The van der Waals surface area contributed by atoms with Gasteiger partial charge in [-0.15, -0.1) is 0 Å². The van der Waals surface area contributed by atoms with Crippen molar-refractivity contribution in [1.82, 2.24) is 9.97 Å². The second-order valence-corrected chi connectivity index (χ2v) is 4.64. The fourth-order valence-electron chi connectivity index (χ4n) is 2.39. The number of halogens is 1. The normalized spacial score (nSPS) is 23.3. The maximum atomic E-state index is 12.8. The lowest BCUT2D eigenvalue weighted by atomic mass is 9.78. The molecule has 0 amide bonds. The lowest BCUT2D eigenvalue weighted by Crippen LogP contribution is -2.36. The van der Waals surface area contributed by atoms with Gasteiger partial charge < -0.3 is 5.32 Å². The van der Waals surface area contributed by atoms with Crippen LogP contribution in [0.25, 0.3) is 0 Å². The Morgan fingerprint density at radius 1 is 1.33 bits per heavy atom. The molecule has 0 atom stereocenters. The van der Waals surface area contributed by atoms with Gasteiger partial charge in [-0.1, -0.05) is 6.42 Å². The summed E-state index contributed by atoms with van der Waals surface area (Å²) in [5.74, 6) is 0.839. The van der Waals surface area contributed by atoms with Crippen molar-refractivity contribution in [3.8, 4) is 0 Å². The smallest absolute Gasteiger partial charge is 0.233 e. The predicted molar refractivity (Wildman–Crippen MR) is 54.9 cm³/mol. The van der Waals surface area contributed by atoms with Gasteiger partial charge in [-0.3, -0.25) is 4.98 Å². The molecule has 1 heterocycles. The van der Waals surface area contributed by atoms with E-state index >= 15 is 0 Å². The zero-order chi connectivity index (χ0) is 10.3. The zero-order valence-electron chi connectivity index (χ0n) is 8.54. The van der Waals surface area contributed by atoms with E-state index in [-0.39, 0.29) is 5.54 Å². The first-order chi connectivity index (χ1) is 7.28. The molecule has 0 saturated heterocycles. The second-order valence-electron chi connectivity index (χ2n) is 4.64. The Kier molecular flexibility index (Phi) is 1.90. The molecular weight excluding hydrogens is 193 g/mol. The SMILES string of the molecule is Fc1cncc(NC2(C3CCC3)CC2)n1. The molecule has 4 heteroatoms. The number of hydrogen-bond acceptors (Lipinski definition) is 3. The van der Waals surface area contributed by atoms with Crippen molar-refractivity contribution in [3.63, 3.8) is 0 Å². The highest BCUT2D eigenvalue weighted by Gasteiger charge is 2.51. The molecule has 2 aliphatic rings. The fraction of sp³-hybridized carbons (Fsp3) is 0.636. The average molecular weight is 207 g/mol. The highest BCUT2D eigenvalue weighted by atomic mass is 19.1. The van der Waals surface area contributed by atoms with Gasteiger partial charge >= 0.3 is 0 Å². The quantitative estimate of drug-likeness (QED) is 0.826. The van der Waals surface area contributed by atoms with Crippen LogP contribution in [-0.4, -0.2) is 15.5 Å². The molecular formula is C11H14FN3. The van der Waals surface area contributed by atoms with E-state index in [9.17, 15) is 4.39 Å². The van der Waals surface area contributed by atoms with Crippen molar-refractivity contribution in [1.29, 1.82) is 0 Å². The standard InChI is InChI=1S/C11H14FN3/c12-9-6-13-7-10(14-9)15-11(4-5-11)8-2-1-3-8/h6-8H,1-5H2,(H,14,15). The summed E-state index contributed by atoms with van der Waals surface area (Å²) in [6.45, 7) is 0. The predicted octanol–water partition coefficient (Wildman–Crippen LogP) is 2.36. The third-order valence-corrected chi connectivity index (χ3v) is 3.66. The largest absolute Gasteiger partial charge is 0.363 e. The van der Waals surface area contributed by atoms with Crippen molar-refractivity contribution in [2.45, 2.75) is 37.6 Å². The lowest BCUT2D eigenvalue weighted by Gasteiger charge is -2.34. The first kappa shape index (κ1) is 9.07. The van der Waals surface area contributed by atoms with E-state index < -0.39 is 5.95 Å². The van der Waals surface area contributed by atoms with Crippen LogP contribution < -0.4 is 5.32 Å². The molecule has 0 bridgehead atoms. The van der Waals surface area contributed by atoms with Gasteiger partial charge in [-0.25, -0.2) is 0 Å². The molecule has 3 nitrogen and oxygen atoms in total. The van der Waals surface area contributed by atoms with Crippen molar-refractivity contribution in [3.05, 3.63) is 18.3 Å². The van der Waals surface area contributed by atoms with Crippen LogP contribution in [0.3, 0.4) is 0 Å². The van der Waals surface area contributed by atoms with E-state index in [0.717, 1.165) is 12.1 Å². The van der Waals surface area contributed by atoms with E-state index in [1.54, 1.807) is 6.20 Å². The van der Waals surface area contributed by atoms with E-state index in [0.29, 0.717) is 5.82 Å². The van der Waals surface area contributed by atoms with Crippen molar-refractivity contribution in [2.75, 3.05) is 5.32 Å². The minimum absolute atomic E-state index is 0.223. The Labute approximate surface area is 88.1 Å². The number of aromatic nitrogens is 2. The number of nitrogens with zero attached hydrogens (tertiary/aromatic N) is 2. The zero-order valence-corrected chi connectivity index (χ0v) is 8.54. The first-order valence-corrected chi connectivity index (χ1v) is 5.54. The van der Waals surface area contributed by atoms with Crippen LogP contribution >= 0.6 is 0 Å². The van der Waals surface area contributed by atoms with Gasteiger partial charge in [0.15, 0.2) is 0 Å². The van der Waals surface area contributed by atoms with Crippen molar-refractivity contribution >= 4 is 5.82 Å². The Hall–Kier alpha value is -1.19. The Balaban J connectivity index is 1.74. The van der Waals surface area contributed by atoms with Crippen LogP contribution in [0.5, 0.6) is 0 Å². The highest BCUT2D eigenvalue weighted by Crippen LogP contribution is 2.52. The minimum atomic E-state index is -0.510. The van der Waals surface area contributed by atoms with E-state index in [4.69, 9.17) is 0 Å². The third kappa shape index (κ3) is 1.58. The second kappa shape index (κ2) is 3.15. The summed E-state index contributed by atoms with van der Waals surface area (Å²) in [4.78, 5) is 7.60. The number of nitrogens with one attached hydrogen (secondary N) is 1. The number of anilines is 1. The molecule has 15 heavy (non-hydrogen) atoms. The summed E-state index contributed by atoms with van der Waals surface area (Å²) in [6.07, 6.45) is 9.05. The fourth-order valence-corrected chi connectivity index (χ4v) is 2.39. The first-order valence-electron chi connectivity index (χ1n) is 5.54. The van der Waals surface area contributed by atoms with Crippen LogP contribution in [0.2, 0.25) is 0 Å². The van der Waals surface area contributed by atoms with Gasteiger partial charge in [-0.2, -0.15) is 9.37 Å². The molecule has 0 radical (unpaired) electrons. The molecule has 2 fully saturated rings. The third-order valence-electron chi connectivity index (χ3n) is 3.66. The van der Waals surface area contributed by atoms with Crippen LogP contribution in [0, 0.1) is 11.9 Å². The monoisotopic (exact) mass is 207 g/mol. The highest BCUT2D eigenvalue weighted by molar-refractivity contribution is 5.39. The molecule has 0 unspecified atom stereocenters. The minimum Gasteiger partial charge on any atom is -0.363 e. The molecule has 2 aliphatic carbocycles. The molecule has 0 aliphatic heterocycles. The molecule has 1 aromatic heterocycles. The maximum Gasteiger partial charge on any atom is 0.233 e. The molecule has 2 saturated carbocycles. The van der Waals surface area contributed by atoms with Crippen LogP contribution in [0.1, 0.15) is 32.1 Å². The molecule has 1 aromatic rings. The lowest BCUT2D eigenvalue weighted by molar-refractivity contribution is 0.261. The van der Waals surface area contributed by atoms with Crippen LogP contribution in [0.4, 0.5) is 10.2 Å². The van der Waals surface area contributed by atoms with Crippen LogP contribution in [-0.2, 0) is 0 Å². The van der Waals surface area contributed by atoms with E-state index in [2.05, 4.69) is 15.3 Å². The molecule has 3 rings (SSSR count). The maximum absolute atomic E-state index is 12.8. The molecule has 0 aromatic carbocycles. The Morgan fingerprint density at radius 2 is 2.13 bits per heavy atom. The number of rotatable bonds is 3. The van der Waals surface area contributed by atoms with Crippen LogP contribution in [0.15, 0.2) is 12.4 Å². The average Bonchev–Trinajstić information content (AvgIpc) is 2.81. The van der Waals surface area contributed by atoms with E-state index in [1.807, 2.05) is 0 Å². The molecule has 80 valence electrons. The van der Waals surface area contributed by atoms with Gasteiger partial charge in [0.05, 0.1) is 12.4 Å². The van der Waals surface area contributed by atoms with Gasteiger partial charge in [0.1, 0.15) is 5.82 Å². The topological polar surface area (TPSA) is 37.8 Å². The summed E-state index contributed by atoms with van der Waals surface area (Å²) in [7, 11) is 0. The van der Waals surface area contributed by atoms with Crippen molar-refractivity contribution < 1.29 is 4.39 Å². The van der Waals surface area contributed by atoms with E-state index in [1.165, 1.54) is 32.1 Å². The van der Waals surface area contributed by atoms with Gasteiger partial charge in [0, 0.05) is 5.54 Å². The number of hydrogen-bond donors (Lipinski definition) is 1. The summed E-state index contributed by atoms with van der Waals surface area (Å²) in [6, 6.07) is 0. The summed E-state index contributed by atoms with van der Waals surface area (Å²) >= 11 is 0. The molecule has 0 spiro atoms. The Morgan fingerprint density at radius 3 is 2.67 bits per heavy atom. The van der Waals surface area contributed by atoms with Gasteiger partial charge in [0.2, 0.25) is 5.95 Å². The summed E-state index contributed by atoms with van der Waals surface area (Å²) in [5.41, 5.74) is 0.223. The molecule has 1 N–H and O–H groups in total.